The second-order valence-corrected chi connectivity index (χ2v) is 15.0. The summed E-state index contributed by atoms with van der Waals surface area (Å²) in [5.41, 5.74) is 0.722. The maximum Gasteiger partial charge on any atom is 0.338 e. The van der Waals surface area contributed by atoms with Crippen LogP contribution in [0.2, 0.25) is 20.1 Å². The fourth-order valence-corrected chi connectivity index (χ4v) is 6.49. The summed E-state index contributed by atoms with van der Waals surface area (Å²) >= 11 is 27.6. The van der Waals surface area contributed by atoms with Gasteiger partial charge in [-0.15, -0.1) is 0 Å². The molecule has 0 saturated heterocycles. The second kappa shape index (κ2) is 13.2. The van der Waals surface area contributed by atoms with E-state index >= 15 is 0 Å². The molecule has 0 amide bonds. The van der Waals surface area contributed by atoms with Gasteiger partial charge in [-0.05, 0) is 43.5 Å². The van der Waals surface area contributed by atoms with Crippen LogP contribution >= 0.6 is 62.3 Å². The zero-order chi connectivity index (χ0) is 30.8. The predicted molar refractivity (Wildman–Crippen MR) is 167 cm³/mol. The molecule has 0 radical (unpaired) electrons. The lowest BCUT2D eigenvalue weighted by molar-refractivity contribution is 0.0315. The van der Waals surface area contributed by atoms with Crippen molar-refractivity contribution in [3.05, 3.63) is 79.3 Å². The van der Waals surface area contributed by atoms with Gasteiger partial charge in [0.15, 0.2) is 11.5 Å². The summed E-state index contributed by atoms with van der Waals surface area (Å²) < 4.78 is 10.7. The van der Waals surface area contributed by atoms with E-state index in [9.17, 15) is 19.8 Å². The molecule has 1 aliphatic rings. The number of phenols is 2. The molecule has 11 heteroatoms. The molecule has 1 atom stereocenters. The van der Waals surface area contributed by atoms with Crippen molar-refractivity contribution < 1.29 is 29.3 Å². The maximum atomic E-state index is 12.6. The summed E-state index contributed by atoms with van der Waals surface area (Å²) in [6.45, 7) is 8.37. The molecule has 0 spiro atoms. The summed E-state index contributed by atoms with van der Waals surface area (Å²) in [5, 5.41) is 19.3. The molecule has 0 saturated carbocycles. The highest BCUT2D eigenvalue weighted by Gasteiger charge is 2.35. The van der Waals surface area contributed by atoms with Gasteiger partial charge in [0.05, 0.1) is 44.4 Å². The molecule has 41 heavy (non-hydrogen) atoms. The van der Waals surface area contributed by atoms with Gasteiger partial charge >= 0.3 is 11.9 Å². The lowest BCUT2D eigenvalue weighted by atomic mass is 9.78. The second-order valence-electron chi connectivity index (χ2n) is 11.8. The van der Waals surface area contributed by atoms with Crippen LogP contribution in [0.25, 0.3) is 0 Å². The van der Waals surface area contributed by atoms with Crippen molar-refractivity contribution in [2.75, 3.05) is 13.2 Å². The number of halogens is 5. The summed E-state index contributed by atoms with van der Waals surface area (Å²) in [7, 11) is 0. The Morgan fingerprint density at radius 3 is 1.63 bits per heavy atom. The molecule has 0 aliphatic heterocycles. The lowest BCUT2D eigenvalue weighted by Crippen LogP contribution is -2.32. The molecular weight excluding hydrogens is 678 g/mol. The van der Waals surface area contributed by atoms with E-state index in [0.29, 0.717) is 12.8 Å². The quantitative estimate of drug-likeness (QED) is 0.189. The van der Waals surface area contributed by atoms with Crippen LogP contribution in [0.3, 0.4) is 0 Å². The van der Waals surface area contributed by atoms with Crippen molar-refractivity contribution in [2.45, 2.75) is 51.3 Å². The molecular formula is C30H31BrCl4O6. The van der Waals surface area contributed by atoms with Crippen molar-refractivity contribution in [1.29, 1.82) is 0 Å². The molecule has 0 bridgehead atoms. The third-order valence-electron chi connectivity index (χ3n) is 6.45. The van der Waals surface area contributed by atoms with Crippen LogP contribution in [0.5, 0.6) is 11.5 Å². The molecule has 0 aromatic heterocycles. The number of benzene rings is 2. The number of allylic oxidation sites excluding steroid dienone is 4. The van der Waals surface area contributed by atoms with Crippen molar-refractivity contribution in [3.8, 4) is 11.5 Å². The maximum absolute atomic E-state index is 12.6. The van der Waals surface area contributed by atoms with Crippen LogP contribution in [-0.2, 0) is 9.47 Å². The molecule has 6 nitrogen and oxygen atoms in total. The van der Waals surface area contributed by atoms with E-state index in [1.165, 1.54) is 24.3 Å². The van der Waals surface area contributed by atoms with Gasteiger partial charge in [-0.1, -0.05) is 114 Å². The summed E-state index contributed by atoms with van der Waals surface area (Å²) in [6, 6.07) is 5.28. The Labute approximate surface area is 268 Å². The number of hydrogen-bond donors (Lipinski definition) is 2. The predicted octanol–water partition coefficient (Wildman–Crippen LogP) is 9.58. The number of alkyl halides is 1. The number of carbonyl (C=O) groups excluding carboxylic acids is 2. The minimum Gasteiger partial charge on any atom is -0.505 e. The molecule has 2 N–H and O–H groups in total. The lowest BCUT2D eigenvalue weighted by Gasteiger charge is -2.35. The van der Waals surface area contributed by atoms with Crippen LogP contribution in [0.4, 0.5) is 0 Å². The number of carbonyl (C=O) groups is 2. The highest BCUT2D eigenvalue weighted by Crippen LogP contribution is 2.42. The Kier molecular flexibility index (Phi) is 10.8. The summed E-state index contributed by atoms with van der Waals surface area (Å²) in [6.07, 6.45) is 8.40. The molecule has 1 unspecified atom stereocenters. The molecule has 0 fully saturated rings. The van der Waals surface area contributed by atoms with Crippen molar-refractivity contribution >= 4 is 74.3 Å². The molecule has 1 aliphatic carbocycles. The first-order chi connectivity index (χ1) is 18.9. The summed E-state index contributed by atoms with van der Waals surface area (Å²) in [5.74, 6) is -1.71. The number of ether oxygens (including phenoxy) is 2. The van der Waals surface area contributed by atoms with E-state index in [4.69, 9.17) is 55.9 Å². The van der Waals surface area contributed by atoms with E-state index in [2.05, 4.69) is 34.2 Å². The van der Waals surface area contributed by atoms with Gasteiger partial charge in [-0.3, -0.25) is 0 Å². The largest absolute Gasteiger partial charge is 0.505 e. The molecule has 0 heterocycles. The third kappa shape index (κ3) is 9.29. The normalized spacial score (nSPS) is 17.2. The zero-order valence-electron chi connectivity index (χ0n) is 23.0. The fraction of sp³-hybridized carbons (Fsp3) is 0.400. The Morgan fingerprint density at radius 2 is 1.24 bits per heavy atom. The molecule has 3 rings (SSSR count). The van der Waals surface area contributed by atoms with Gasteiger partial charge in [-0.25, -0.2) is 9.59 Å². The first-order valence-electron chi connectivity index (χ1n) is 12.7. The van der Waals surface area contributed by atoms with Gasteiger partial charge in [-0.2, -0.15) is 0 Å². The van der Waals surface area contributed by atoms with Crippen molar-refractivity contribution in [3.63, 3.8) is 0 Å². The number of rotatable bonds is 10. The number of phenolic OH excluding ortho intramolecular Hbond substituents is 2. The van der Waals surface area contributed by atoms with Crippen LogP contribution < -0.4 is 0 Å². The first kappa shape index (κ1) is 33.6. The molecule has 2 aromatic carbocycles. The van der Waals surface area contributed by atoms with Gasteiger partial charge in [0, 0.05) is 15.2 Å². The van der Waals surface area contributed by atoms with E-state index in [-0.39, 0.29) is 71.1 Å². The third-order valence-corrected chi connectivity index (χ3v) is 8.47. The molecule has 222 valence electrons. The van der Waals surface area contributed by atoms with Gasteiger partial charge in [0.1, 0.15) is 0 Å². The van der Waals surface area contributed by atoms with E-state index in [0.717, 1.165) is 12.0 Å². The smallest absolute Gasteiger partial charge is 0.338 e. The standard InChI is InChI=1S/C30H31BrCl4O6/c1-28(2,15-40-26(38)18-9-20(32)24(36)21(33)10-18)13-17-5-7-30(31,8-6-17)14-29(3,4)16-41-27(39)19-11-22(34)25(37)23(35)12-19/h5-7,9-12,36-37H,8,13-16H2,1-4H3. The minimum absolute atomic E-state index is 0.0204. The van der Waals surface area contributed by atoms with Gasteiger partial charge in [0.25, 0.3) is 0 Å². The number of aromatic hydroxyl groups is 2. The first-order valence-corrected chi connectivity index (χ1v) is 15.0. The highest BCUT2D eigenvalue weighted by atomic mass is 79.9. The fourth-order valence-electron chi connectivity index (χ4n) is 4.46. The molecule has 2 aromatic rings. The van der Waals surface area contributed by atoms with Crippen LogP contribution in [0, 0.1) is 10.8 Å². The minimum atomic E-state index is -0.577. The number of esters is 2. The highest BCUT2D eigenvalue weighted by molar-refractivity contribution is 9.10. The number of hydrogen-bond acceptors (Lipinski definition) is 6. The Hall–Kier alpha value is -1.90. The van der Waals surface area contributed by atoms with E-state index < -0.39 is 11.9 Å². The van der Waals surface area contributed by atoms with Gasteiger partial charge < -0.3 is 19.7 Å². The Balaban J connectivity index is 1.53. The van der Waals surface area contributed by atoms with Gasteiger partial charge in [0.2, 0.25) is 0 Å². The van der Waals surface area contributed by atoms with Crippen molar-refractivity contribution in [2.24, 2.45) is 10.8 Å². The average molecular weight is 709 g/mol. The monoisotopic (exact) mass is 706 g/mol. The zero-order valence-corrected chi connectivity index (χ0v) is 27.6. The SMILES string of the molecule is CC(C)(COC(=O)c1cc(Cl)c(O)c(Cl)c1)CC1=CCC(Br)(CC(C)(C)COC(=O)c2cc(Cl)c(O)c(Cl)c2)C=C1. The van der Waals surface area contributed by atoms with E-state index in [1.807, 2.05) is 27.7 Å². The summed E-state index contributed by atoms with van der Waals surface area (Å²) in [4.78, 5) is 25.1. The van der Waals surface area contributed by atoms with Crippen LogP contribution in [0.15, 0.2) is 48.1 Å². The van der Waals surface area contributed by atoms with Crippen LogP contribution in [0.1, 0.15) is 67.7 Å². The topological polar surface area (TPSA) is 93.1 Å². The van der Waals surface area contributed by atoms with E-state index in [1.54, 1.807) is 0 Å². The van der Waals surface area contributed by atoms with Crippen molar-refractivity contribution in [1.82, 2.24) is 0 Å². The Morgan fingerprint density at radius 1 is 0.829 bits per heavy atom. The average Bonchev–Trinajstić information content (AvgIpc) is 2.88. The van der Waals surface area contributed by atoms with Crippen LogP contribution in [-0.4, -0.2) is 39.7 Å². The Bertz CT molecular complexity index is 1360.